The van der Waals surface area contributed by atoms with Crippen LogP contribution in [-0.4, -0.2) is 6.61 Å². The molecule has 1 aromatic carbocycles. The molecule has 0 spiro atoms. The van der Waals surface area contributed by atoms with E-state index in [1.165, 1.54) is 17.0 Å². The van der Waals surface area contributed by atoms with E-state index < -0.39 is 0 Å². The lowest BCUT2D eigenvalue weighted by atomic mass is 10.1. The van der Waals surface area contributed by atoms with E-state index in [2.05, 4.69) is 6.07 Å². The molecule has 18 heavy (non-hydrogen) atoms. The monoisotopic (exact) mass is 265 g/mol. The summed E-state index contributed by atoms with van der Waals surface area (Å²) in [4.78, 5) is 1.28. The SMILES string of the molecule is CC(N)c1cc(F)ccc1OCCc1cccs1. The van der Waals surface area contributed by atoms with Crippen LogP contribution < -0.4 is 10.5 Å². The third-order valence-corrected chi connectivity index (χ3v) is 3.58. The number of ether oxygens (including phenoxy) is 1. The van der Waals surface area contributed by atoms with Gasteiger partial charge in [-0.2, -0.15) is 0 Å². The van der Waals surface area contributed by atoms with Crippen molar-refractivity contribution in [3.8, 4) is 5.75 Å². The van der Waals surface area contributed by atoms with Gasteiger partial charge in [0.1, 0.15) is 11.6 Å². The largest absolute Gasteiger partial charge is 0.493 e. The van der Waals surface area contributed by atoms with Crippen molar-refractivity contribution in [1.82, 2.24) is 0 Å². The van der Waals surface area contributed by atoms with Crippen LogP contribution in [0.4, 0.5) is 4.39 Å². The van der Waals surface area contributed by atoms with Crippen molar-refractivity contribution in [2.75, 3.05) is 6.61 Å². The second kappa shape index (κ2) is 5.98. The number of hydrogen-bond acceptors (Lipinski definition) is 3. The number of halogens is 1. The van der Waals surface area contributed by atoms with Gasteiger partial charge in [-0.3, -0.25) is 0 Å². The lowest BCUT2D eigenvalue weighted by Crippen LogP contribution is -2.09. The molecule has 0 fully saturated rings. The van der Waals surface area contributed by atoms with E-state index in [0.717, 1.165) is 6.42 Å². The average Bonchev–Trinajstić information content (AvgIpc) is 2.84. The minimum absolute atomic E-state index is 0.238. The van der Waals surface area contributed by atoms with Crippen LogP contribution in [0.5, 0.6) is 5.75 Å². The minimum Gasteiger partial charge on any atom is -0.493 e. The first kappa shape index (κ1) is 13.1. The fourth-order valence-corrected chi connectivity index (χ4v) is 2.41. The average molecular weight is 265 g/mol. The van der Waals surface area contributed by atoms with E-state index in [4.69, 9.17) is 10.5 Å². The van der Waals surface area contributed by atoms with Gasteiger partial charge in [-0.1, -0.05) is 6.07 Å². The molecule has 0 aliphatic heterocycles. The van der Waals surface area contributed by atoms with Crippen molar-refractivity contribution in [2.45, 2.75) is 19.4 Å². The molecule has 0 saturated carbocycles. The first-order valence-corrected chi connectivity index (χ1v) is 6.75. The summed E-state index contributed by atoms with van der Waals surface area (Å²) >= 11 is 1.71. The third kappa shape index (κ3) is 3.31. The lowest BCUT2D eigenvalue weighted by molar-refractivity contribution is 0.317. The van der Waals surface area contributed by atoms with E-state index in [1.54, 1.807) is 17.4 Å². The predicted octanol–water partition coefficient (Wildman–Crippen LogP) is 3.53. The van der Waals surface area contributed by atoms with Crippen molar-refractivity contribution >= 4 is 11.3 Å². The number of hydrogen-bond donors (Lipinski definition) is 1. The van der Waals surface area contributed by atoms with E-state index in [0.29, 0.717) is 17.9 Å². The molecule has 2 N–H and O–H groups in total. The second-order valence-corrected chi connectivity index (χ2v) is 5.18. The first-order chi connectivity index (χ1) is 8.66. The highest BCUT2D eigenvalue weighted by atomic mass is 32.1. The highest BCUT2D eigenvalue weighted by Crippen LogP contribution is 2.25. The van der Waals surface area contributed by atoms with E-state index >= 15 is 0 Å². The number of rotatable bonds is 5. The van der Waals surface area contributed by atoms with Crippen molar-refractivity contribution in [2.24, 2.45) is 5.73 Å². The molecular weight excluding hydrogens is 249 g/mol. The quantitative estimate of drug-likeness (QED) is 0.897. The molecular formula is C14H16FNOS. The second-order valence-electron chi connectivity index (χ2n) is 4.15. The van der Waals surface area contributed by atoms with Gasteiger partial charge in [0, 0.05) is 22.9 Å². The molecule has 2 nitrogen and oxygen atoms in total. The predicted molar refractivity (Wildman–Crippen MR) is 72.5 cm³/mol. The van der Waals surface area contributed by atoms with Crippen molar-refractivity contribution in [3.05, 3.63) is 52.0 Å². The van der Waals surface area contributed by atoms with Gasteiger partial charge in [0.25, 0.3) is 0 Å². The van der Waals surface area contributed by atoms with Gasteiger partial charge in [0.2, 0.25) is 0 Å². The zero-order chi connectivity index (χ0) is 13.0. The van der Waals surface area contributed by atoms with Gasteiger partial charge >= 0.3 is 0 Å². The maximum atomic E-state index is 13.1. The molecule has 1 heterocycles. The van der Waals surface area contributed by atoms with Gasteiger partial charge in [0.05, 0.1) is 6.61 Å². The van der Waals surface area contributed by atoms with Gasteiger partial charge in [-0.25, -0.2) is 4.39 Å². The molecule has 96 valence electrons. The van der Waals surface area contributed by atoms with Crippen molar-refractivity contribution < 1.29 is 9.13 Å². The molecule has 0 aliphatic rings. The van der Waals surface area contributed by atoms with Crippen LogP contribution in [0.2, 0.25) is 0 Å². The fraction of sp³-hybridized carbons (Fsp3) is 0.286. The number of nitrogens with two attached hydrogens (primary N) is 1. The normalized spacial score (nSPS) is 12.4. The Hall–Kier alpha value is -1.39. The Bertz CT molecular complexity index is 497. The summed E-state index contributed by atoms with van der Waals surface area (Å²) in [6.07, 6.45) is 0.855. The lowest BCUT2D eigenvalue weighted by Gasteiger charge is -2.13. The molecule has 0 bridgehead atoms. The Morgan fingerprint density at radius 2 is 2.22 bits per heavy atom. The van der Waals surface area contributed by atoms with Gasteiger partial charge in [0.15, 0.2) is 0 Å². The van der Waals surface area contributed by atoms with Crippen molar-refractivity contribution in [1.29, 1.82) is 0 Å². The van der Waals surface area contributed by atoms with Crippen LogP contribution in [0.1, 0.15) is 23.4 Å². The summed E-state index contributed by atoms with van der Waals surface area (Å²) in [5.41, 5.74) is 6.51. The smallest absolute Gasteiger partial charge is 0.124 e. The van der Waals surface area contributed by atoms with E-state index in [1.807, 2.05) is 18.4 Å². The number of benzene rings is 1. The summed E-state index contributed by atoms with van der Waals surface area (Å²) in [7, 11) is 0. The molecule has 1 atom stereocenters. The van der Waals surface area contributed by atoms with Crippen molar-refractivity contribution in [3.63, 3.8) is 0 Å². The standard InChI is InChI=1S/C14H16FNOS/c1-10(16)13-9-11(15)4-5-14(13)17-7-6-12-3-2-8-18-12/h2-5,8-10H,6-7,16H2,1H3. The molecule has 0 saturated heterocycles. The highest BCUT2D eigenvalue weighted by molar-refractivity contribution is 7.09. The van der Waals surface area contributed by atoms with Gasteiger partial charge in [-0.05, 0) is 36.6 Å². The topological polar surface area (TPSA) is 35.2 Å². The Balaban J connectivity index is 2.00. The number of thiophene rings is 1. The maximum Gasteiger partial charge on any atom is 0.124 e. The van der Waals surface area contributed by atoms with Crippen LogP contribution >= 0.6 is 11.3 Å². The van der Waals surface area contributed by atoms with Crippen LogP contribution in [0, 0.1) is 5.82 Å². The summed E-state index contributed by atoms with van der Waals surface area (Å²) in [6.45, 7) is 2.40. The zero-order valence-corrected chi connectivity index (χ0v) is 11.0. The Morgan fingerprint density at radius 3 is 2.89 bits per heavy atom. The fourth-order valence-electron chi connectivity index (χ4n) is 1.72. The third-order valence-electron chi connectivity index (χ3n) is 2.65. The highest BCUT2D eigenvalue weighted by Gasteiger charge is 2.09. The maximum absolute atomic E-state index is 13.1. The van der Waals surface area contributed by atoms with Gasteiger partial charge in [-0.15, -0.1) is 11.3 Å². The molecule has 0 amide bonds. The summed E-state index contributed by atoms with van der Waals surface area (Å²) in [5, 5.41) is 2.04. The summed E-state index contributed by atoms with van der Waals surface area (Å²) in [5.74, 6) is 0.385. The Labute approximate surface area is 110 Å². The van der Waals surface area contributed by atoms with Crippen LogP contribution in [0.15, 0.2) is 35.7 Å². The molecule has 1 unspecified atom stereocenters. The zero-order valence-electron chi connectivity index (χ0n) is 10.2. The van der Waals surface area contributed by atoms with Crippen LogP contribution in [0.25, 0.3) is 0 Å². The molecule has 2 aromatic rings. The Kier molecular flexibility index (Phi) is 4.33. The Morgan fingerprint density at radius 1 is 1.39 bits per heavy atom. The van der Waals surface area contributed by atoms with E-state index in [-0.39, 0.29) is 11.9 Å². The molecule has 2 rings (SSSR count). The molecule has 0 radical (unpaired) electrons. The molecule has 4 heteroatoms. The molecule has 1 aromatic heterocycles. The van der Waals surface area contributed by atoms with Gasteiger partial charge < -0.3 is 10.5 Å². The van der Waals surface area contributed by atoms with Crippen LogP contribution in [-0.2, 0) is 6.42 Å². The molecule has 0 aliphatic carbocycles. The minimum atomic E-state index is -0.284. The summed E-state index contributed by atoms with van der Waals surface area (Å²) in [6, 6.07) is 8.33. The first-order valence-electron chi connectivity index (χ1n) is 5.87. The van der Waals surface area contributed by atoms with Crippen LogP contribution in [0.3, 0.4) is 0 Å². The van der Waals surface area contributed by atoms with E-state index in [9.17, 15) is 4.39 Å². The summed E-state index contributed by atoms with van der Waals surface area (Å²) < 4.78 is 18.8.